The predicted molar refractivity (Wildman–Crippen MR) is 132 cm³/mol. The molecule has 2 heterocycles. The smallest absolute Gasteiger partial charge is 0.267 e. The van der Waals surface area contributed by atoms with E-state index in [2.05, 4.69) is 31.9 Å². The summed E-state index contributed by atoms with van der Waals surface area (Å²) in [4.78, 5) is 76.7. The van der Waals surface area contributed by atoms with Crippen LogP contribution in [0.15, 0.2) is 76.7 Å². The molecule has 0 aliphatic carbocycles. The fourth-order valence-electron chi connectivity index (χ4n) is 4.24. The Morgan fingerprint density at radius 3 is 1.11 bits per heavy atom. The van der Waals surface area contributed by atoms with Gasteiger partial charge in [-0.3, -0.25) is 19.2 Å². The number of rotatable bonds is 4. The number of aromatic carboxylic acids is 2. The lowest BCUT2D eigenvalue weighted by molar-refractivity contribution is -0.256. The lowest BCUT2D eigenvalue weighted by atomic mass is 10.1. The molecule has 0 radical (unpaired) electrons. The third-order valence-electron chi connectivity index (χ3n) is 5.78. The Morgan fingerprint density at radius 1 is 0.556 bits per heavy atom. The molecular formula is C24H8Br2N2O8-2. The van der Waals surface area contributed by atoms with E-state index in [0.29, 0.717) is 9.13 Å². The van der Waals surface area contributed by atoms with Crippen LogP contribution in [0.1, 0.15) is 20.7 Å². The third kappa shape index (κ3) is 3.08. The molecule has 12 heteroatoms. The number of carbonyl (C=O) groups is 2. The number of para-hydroxylation sites is 2. The first-order valence-corrected chi connectivity index (χ1v) is 11.6. The lowest BCUT2D eigenvalue weighted by Crippen LogP contribution is -2.30. The van der Waals surface area contributed by atoms with Crippen molar-refractivity contribution in [2.24, 2.45) is 0 Å². The SMILES string of the molecule is O=C([O-])c1ccccc1-n1c(=O)c2c(Br)c3c(=O)n(-c4ccccc4C(=O)[O-])c(=O)c3c(Br)c2c1=O. The first kappa shape index (κ1) is 23.6. The molecule has 0 unspecified atom stereocenters. The van der Waals surface area contributed by atoms with Gasteiger partial charge in [0.25, 0.3) is 22.2 Å². The average molecular weight is 612 g/mol. The molecule has 0 atom stereocenters. The highest BCUT2D eigenvalue weighted by Crippen LogP contribution is 2.35. The van der Waals surface area contributed by atoms with Gasteiger partial charge in [0.1, 0.15) is 0 Å². The van der Waals surface area contributed by atoms with Gasteiger partial charge in [-0.05, 0) is 44.0 Å². The van der Waals surface area contributed by atoms with Crippen LogP contribution in [0.4, 0.5) is 0 Å². The minimum atomic E-state index is -1.62. The molecule has 0 aliphatic rings. The fourth-order valence-corrected chi connectivity index (χ4v) is 5.72. The highest BCUT2D eigenvalue weighted by molar-refractivity contribution is 9.11. The van der Waals surface area contributed by atoms with Gasteiger partial charge in [-0.25, -0.2) is 9.13 Å². The number of hydrogen-bond acceptors (Lipinski definition) is 8. The van der Waals surface area contributed by atoms with Crippen LogP contribution in [0.2, 0.25) is 0 Å². The van der Waals surface area contributed by atoms with Gasteiger partial charge >= 0.3 is 0 Å². The van der Waals surface area contributed by atoms with Crippen LogP contribution < -0.4 is 32.5 Å². The second-order valence-corrected chi connectivity index (χ2v) is 9.21. The Bertz CT molecular complexity index is 1790. The van der Waals surface area contributed by atoms with Crippen LogP contribution in [0, 0.1) is 0 Å². The van der Waals surface area contributed by atoms with Gasteiger partial charge < -0.3 is 19.8 Å². The number of halogens is 2. The summed E-state index contributed by atoms with van der Waals surface area (Å²) in [6.45, 7) is 0. The Labute approximate surface area is 215 Å². The van der Waals surface area contributed by atoms with Gasteiger partial charge in [0.15, 0.2) is 0 Å². The summed E-state index contributed by atoms with van der Waals surface area (Å²) >= 11 is 6.34. The molecule has 5 rings (SSSR count). The van der Waals surface area contributed by atoms with Crippen LogP contribution in [0.25, 0.3) is 32.9 Å². The second-order valence-electron chi connectivity index (χ2n) is 7.63. The van der Waals surface area contributed by atoms with Crippen LogP contribution in [0.3, 0.4) is 0 Å². The van der Waals surface area contributed by atoms with E-state index in [9.17, 15) is 39.0 Å². The predicted octanol–water partition coefficient (Wildman–Crippen LogP) is 0.143. The Kier molecular flexibility index (Phi) is 5.38. The molecule has 36 heavy (non-hydrogen) atoms. The van der Waals surface area contributed by atoms with E-state index in [1.54, 1.807) is 0 Å². The van der Waals surface area contributed by atoms with E-state index >= 15 is 0 Å². The zero-order valence-electron chi connectivity index (χ0n) is 17.5. The van der Waals surface area contributed by atoms with Gasteiger partial charge in [-0.2, -0.15) is 0 Å². The Balaban J connectivity index is 1.97. The molecule has 0 saturated heterocycles. The molecular weight excluding hydrogens is 604 g/mol. The highest BCUT2D eigenvalue weighted by atomic mass is 79.9. The normalized spacial score (nSPS) is 11.4. The van der Waals surface area contributed by atoms with Crippen molar-refractivity contribution in [2.45, 2.75) is 0 Å². The third-order valence-corrected chi connectivity index (χ3v) is 7.36. The van der Waals surface area contributed by atoms with E-state index in [1.807, 2.05) is 0 Å². The molecule has 0 amide bonds. The Morgan fingerprint density at radius 2 is 0.833 bits per heavy atom. The van der Waals surface area contributed by atoms with Gasteiger partial charge in [0, 0.05) is 20.1 Å². The quantitative estimate of drug-likeness (QED) is 0.278. The molecule has 10 nitrogen and oxygen atoms in total. The van der Waals surface area contributed by atoms with Crippen molar-refractivity contribution in [1.82, 2.24) is 9.13 Å². The fraction of sp³-hybridized carbons (Fsp3) is 0. The van der Waals surface area contributed by atoms with E-state index in [0.717, 1.165) is 12.1 Å². The van der Waals surface area contributed by atoms with Crippen molar-refractivity contribution in [2.75, 3.05) is 0 Å². The van der Waals surface area contributed by atoms with E-state index < -0.39 is 45.3 Å². The van der Waals surface area contributed by atoms with Gasteiger partial charge in [-0.15, -0.1) is 0 Å². The summed E-state index contributed by atoms with van der Waals surface area (Å²) in [5.74, 6) is -3.23. The van der Waals surface area contributed by atoms with Gasteiger partial charge in [0.2, 0.25) is 0 Å². The standard InChI is InChI=1S/C24H10Br2N2O8/c25-17-13-14(20(30)27(19(13)29)11-7-3-1-5-9(11)23(33)34)18(26)16-15(17)21(31)28(22(16)32)12-8-4-2-6-10(12)24(35)36/h1-8H,(H,33,34)(H,35,36)/p-2. The Hall–Kier alpha value is -4.16. The number of carboxylic acids is 2. The summed E-state index contributed by atoms with van der Waals surface area (Å²) in [6.07, 6.45) is 0. The summed E-state index contributed by atoms with van der Waals surface area (Å²) in [5.41, 5.74) is -5.07. The number of aromatic nitrogens is 2. The molecule has 0 N–H and O–H groups in total. The molecule has 0 aliphatic heterocycles. The number of benzene rings is 3. The first-order chi connectivity index (χ1) is 17.1. The molecule has 0 bridgehead atoms. The first-order valence-electron chi connectivity index (χ1n) is 10.0. The van der Waals surface area contributed by atoms with E-state index in [1.165, 1.54) is 36.4 Å². The van der Waals surface area contributed by atoms with Crippen molar-refractivity contribution in [1.29, 1.82) is 0 Å². The summed E-state index contributed by atoms with van der Waals surface area (Å²) in [7, 11) is 0. The van der Waals surface area contributed by atoms with Crippen molar-refractivity contribution in [3.63, 3.8) is 0 Å². The van der Waals surface area contributed by atoms with Gasteiger partial charge in [-0.1, -0.05) is 36.4 Å². The van der Waals surface area contributed by atoms with Crippen molar-refractivity contribution >= 4 is 65.3 Å². The van der Waals surface area contributed by atoms with E-state index in [4.69, 9.17) is 0 Å². The van der Waals surface area contributed by atoms with Crippen molar-refractivity contribution < 1.29 is 19.8 Å². The summed E-state index contributed by atoms with van der Waals surface area (Å²) < 4.78 is 0.903. The second kappa shape index (κ2) is 8.21. The maximum absolute atomic E-state index is 13.4. The van der Waals surface area contributed by atoms with Gasteiger partial charge in [0.05, 0.1) is 44.9 Å². The molecule has 2 aromatic heterocycles. The summed E-state index contributed by atoms with van der Waals surface area (Å²) in [5, 5.41) is 22.1. The van der Waals surface area contributed by atoms with Crippen LogP contribution in [-0.2, 0) is 0 Å². The number of hydrogen-bond donors (Lipinski definition) is 0. The van der Waals surface area contributed by atoms with Crippen LogP contribution in [0.5, 0.6) is 0 Å². The minimum absolute atomic E-state index is 0.172. The molecule has 0 fully saturated rings. The maximum atomic E-state index is 13.4. The molecule has 5 aromatic rings. The van der Waals surface area contributed by atoms with Crippen LogP contribution >= 0.6 is 31.9 Å². The number of carboxylic acid groups (broad SMARTS) is 2. The summed E-state index contributed by atoms with van der Waals surface area (Å²) in [6, 6.07) is 10.5. The van der Waals surface area contributed by atoms with Crippen molar-refractivity contribution in [3.05, 3.63) is 110 Å². The largest absolute Gasteiger partial charge is 0.545 e. The monoisotopic (exact) mass is 610 g/mol. The molecule has 0 saturated carbocycles. The minimum Gasteiger partial charge on any atom is -0.545 e. The molecule has 3 aromatic carbocycles. The zero-order chi connectivity index (χ0) is 26.0. The van der Waals surface area contributed by atoms with Crippen molar-refractivity contribution in [3.8, 4) is 11.4 Å². The highest BCUT2D eigenvalue weighted by Gasteiger charge is 2.29. The molecule has 178 valence electrons. The zero-order valence-corrected chi connectivity index (χ0v) is 20.7. The number of carbonyl (C=O) groups excluding carboxylic acids is 2. The van der Waals surface area contributed by atoms with Crippen LogP contribution in [-0.4, -0.2) is 21.1 Å². The number of fused-ring (bicyclic) bond motifs is 2. The topological polar surface area (TPSA) is 158 Å². The molecule has 0 spiro atoms. The maximum Gasteiger partial charge on any atom is 0.267 e. The average Bonchev–Trinajstić information content (AvgIpc) is 3.26. The number of nitrogens with zero attached hydrogens (tertiary/aromatic N) is 2. The lowest BCUT2D eigenvalue weighted by Gasteiger charge is -2.09. The van der Waals surface area contributed by atoms with E-state index in [-0.39, 0.29) is 41.9 Å².